The van der Waals surface area contributed by atoms with Crippen molar-refractivity contribution in [3.05, 3.63) is 36.0 Å². The predicted octanol–water partition coefficient (Wildman–Crippen LogP) is 3.46. The van der Waals surface area contributed by atoms with Crippen LogP contribution in [-0.2, 0) is 25.6 Å². The van der Waals surface area contributed by atoms with Crippen molar-refractivity contribution in [1.29, 1.82) is 0 Å². The molecule has 216 valence electrons. The van der Waals surface area contributed by atoms with Crippen LogP contribution in [0.25, 0.3) is 10.9 Å². The highest BCUT2D eigenvalue weighted by Crippen LogP contribution is 2.19. The number of unbranched alkanes of at least 4 members (excludes halogenated alkanes) is 4. The van der Waals surface area contributed by atoms with E-state index in [1.165, 1.54) is 0 Å². The topological polar surface area (TPSA) is 149 Å². The molecule has 0 bridgehead atoms. The van der Waals surface area contributed by atoms with Gasteiger partial charge in [0, 0.05) is 29.9 Å². The second-order valence-corrected chi connectivity index (χ2v) is 10.2. The first-order valence-corrected chi connectivity index (χ1v) is 14.1. The molecule has 0 aliphatic carbocycles. The number of carboxylic acids is 2. The Hall–Kier alpha value is -3.40. The molecule has 0 aliphatic heterocycles. The number of carbonyl (C=O) groups is 4. The van der Waals surface area contributed by atoms with E-state index in [1.54, 1.807) is 6.20 Å². The molecule has 0 spiro atoms. The largest absolute Gasteiger partial charge is 0.481 e. The number of para-hydroxylation sites is 1. The highest BCUT2D eigenvalue weighted by atomic mass is 16.4. The van der Waals surface area contributed by atoms with E-state index in [0.29, 0.717) is 12.0 Å². The number of rotatable bonds is 19. The van der Waals surface area contributed by atoms with Gasteiger partial charge in [-0.1, -0.05) is 31.0 Å². The summed E-state index contributed by atoms with van der Waals surface area (Å²) < 4.78 is 1.12. The number of hydrogen-bond acceptors (Lipinski definition) is 4. The Kier molecular flexibility index (Phi) is 13.0. The molecule has 39 heavy (non-hydrogen) atoms. The lowest BCUT2D eigenvalue weighted by molar-refractivity contribution is -0.923. The number of nitrogens with zero attached hydrogens (tertiary/aromatic N) is 1. The maximum Gasteiger partial charge on any atom is 0.326 e. The summed E-state index contributed by atoms with van der Waals surface area (Å²) in [5.74, 6) is -3.76. The number of aromatic amines is 1. The van der Waals surface area contributed by atoms with E-state index < -0.39 is 42.3 Å². The monoisotopic (exact) mass is 545 g/mol. The van der Waals surface area contributed by atoms with Gasteiger partial charge in [0.05, 0.1) is 32.6 Å². The first-order chi connectivity index (χ1) is 18.6. The van der Waals surface area contributed by atoms with Crippen molar-refractivity contribution >= 4 is 34.7 Å². The Morgan fingerprint density at radius 3 is 2.15 bits per heavy atom. The van der Waals surface area contributed by atoms with Crippen molar-refractivity contribution in [2.24, 2.45) is 0 Å². The van der Waals surface area contributed by atoms with Crippen LogP contribution in [0.3, 0.4) is 0 Å². The highest BCUT2D eigenvalue weighted by Gasteiger charge is 2.29. The average Bonchev–Trinajstić information content (AvgIpc) is 3.32. The third kappa shape index (κ3) is 10.0. The van der Waals surface area contributed by atoms with Gasteiger partial charge in [-0.15, -0.1) is 0 Å². The number of hydrogen-bond donors (Lipinski definition) is 5. The number of quaternary nitrogens is 1. The number of carbonyl (C=O) groups excluding carboxylic acids is 2. The Bertz CT molecular complexity index is 1090. The molecule has 1 aromatic carbocycles. The summed E-state index contributed by atoms with van der Waals surface area (Å²) in [6.45, 7) is 11.3. The van der Waals surface area contributed by atoms with E-state index in [2.05, 4.69) is 36.4 Å². The molecule has 2 atom stereocenters. The number of aliphatic carboxylic acids is 2. The Labute approximate surface area is 230 Å². The van der Waals surface area contributed by atoms with Crippen molar-refractivity contribution < 1.29 is 33.9 Å². The number of H-pyrrole nitrogens is 1. The summed E-state index contributed by atoms with van der Waals surface area (Å²) in [5, 5.41) is 24.7. The molecule has 0 saturated carbocycles. The molecule has 1 aromatic heterocycles. The van der Waals surface area contributed by atoms with Crippen LogP contribution in [0.4, 0.5) is 0 Å². The van der Waals surface area contributed by atoms with Gasteiger partial charge in [-0.25, -0.2) is 4.79 Å². The van der Waals surface area contributed by atoms with Crippen LogP contribution in [0.5, 0.6) is 0 Å². The van der Waals surface area contributed by atoms with Crippen molar-refractivity contribution in [3.8, 4) is 0 Å². The SMILES string of the molecule is CC[N+](CC)(CC)CCCCCCCC(=O)N[C@@H](CC(=O)O)C(=O)N[C@@H](Cc1c[nH]c2ccccc12)C(=O)O. The molecule has 5 N–H and O–H groups in total. The molecule has 0 radical (unpaired) electrons. The normalized spacial score (nSPS) is 13.1. The van der Waals surface area contributed by atoms with E-state index in [4.69, 9.17) is 0 Å². The molecule has 0 unspecified atom stereocenters. The molecule has 10 nitrogen and oxygen atoms in total. The fourth-order valence-corrected chi connectivity index (χ4v) is 5.05. The standard InChI is InChI=1S/C29H44N4O6/c1-4-33(5-2,6-3)17-13-9-7-8-10-16-26(34)31-24(19-27(35)36)28(37)32-25(29(38)39)18-21-20-30-23-15-12-11-14-22(21)23/h11-12,14-15,20,24-25,30H,4-10,13,16-19H2,1-3H3,(H3-,31,32,34,35,36,37,38,39)/p+1/t24-,25-/m0/s1. The summed E-state index contributed by atoms with van der Waals surface area (Å²) >= 11 is 0. The number of fused-ring (bicyclic) bond motifs is 1. The van der Waals surface area contributed by atoms with Crippen LogP contribution in [-0.4, -0.2) is 81.7 Å². The summed E-state index contributed by atoms with van der Waals surface area (Å²) in [6, 6.07) is 4.76. The van der Waals surface area contributed by atoms with Crippen molar-refractivity contribution in [1.82, 2.24) is 15.6 Å². The van der Waals surface area contributed by atoms with E-state index in [0.717, 1.165) is 67.2 Å². The van der Waals surface area contributed by atoms with E-state index >= 15 is 0 Å². The summed E-state index contributed by atoms with van der Waals surface area (Å²) in [7, 11) is 0. The molecule has 0 fully saturated rings. The zero-order valence-electron chi connectivity index (χ0n) is 23.5. The zero-order chi connectivity index (χ0) is 28.8. The van der Waals surface area contributed by atoms with E-state index in [1.807, 2.05) is 24.3 Å². The zero-order valence-corrected chi connectivity index (χ0v) is 23.5. The number of benzene rings is 1. The third-order valence-electron chi connectivity index (χ3n) is 7.79. The predicted molar refractivity (Wildman–Crippen MR) is 150 cm³/mol. The second-order valence-electron chi connectivity index (χ2n) is 10.2. The summed E-state index contributed by atoms with van der Waals surface area (Å²) in [4.78, 5) is 51.7. The van der Waals surface area contributed by atoms with Gasteiger partial charge >= 0.3 is 11.9 Å². The maximum absolute atomic E-state index is 12.9. The molecule has 1 heterocycles. The Morgan fingerprint density at radius 1 is 0.872 bits per heavy atom. The van der Waals surface area contributed by atoms with Gasteiger partial charge in [0.25, 0.3) is 0 Å². The summed E-state index contributed by atoms with van der Waals surface area (Å²) in [5.41, 5.74) is 1.55. The van der Waals surface area contributed by atoms with Crippen LogP contribution in [0, 0.1) is 0 Å². The molecular formula is C29H45N4O6+. The van der Waals surface area contributed by atoms with Crippen LogP contribution in [0.1, 0.15) is 71.3 Å². The van der Waals surface area contributed by atoms with E-state index in [-0.39, 0.29) is 12.8 Å². The first-order valence-electron chi connectivity index (χ1n) is 14.1. The van der Waals surface area contributed by atoms with Crippen LogP contribution in [0.15, 0.2) is 30.5 Å². The summed E-state index contributed by atoms with van der Waals surface area (Å²) in [6.07, 6.45) is 6.01. The fraction of sp³-hybridized carbons (Fsp3) is 0.586. The molecule has 10 heteroatoms. The minimum Gasteiger partial charge on any atom is -0.481 e. The maximum atomic E-state index is 12.9. The molecule has 0 aliphatic rings. The lowest BCUT2D eigenvalue weighted by Gasteiger charge is -2.35. The fourth-order valence-electron chi connectivity index (χ4n) is 5.05. The molecule has 0 saturated heterocycles. The van der Waals surface area contributed by atoms with Crippen molar-refractivity contribution in [3.63, 3.8) is 0 Å². The van der Waals surface area contributed by atoms with Crippen LogP contribution in [0.2, 0.25) is 0 Å². The van der Waals surface area contributed by atoms with Crippen LogP contribution >= 0.6 is 0 Å². The van der Waals surface area contributed by atoms with Gasteiger partial charge < -0.3 is 30.3 Å². The number of amides is 2. The van der Waals surface area contributed by atoms with Gasteiger partial charge in [0.1, 0.15) is 12.1 Å². The van der Waals surface area contributed by atoms with Gasteiger partial charge in [-0.2, -0.15) is 0 Å². The minimum absolute atomic E-state index is 0.00753. The third-order valence-corrected chi connectivity index (χ3v) is 7.79. The highest BCUT2D eigenvalue weighted by molar-refractivity contribution is 5.93. The van der Waals surface area contributed by atoms with Gasteiger partial charge in [-0.3, -0.25) is 14.4 Å². The smallest absolute Gasteiger partial charge is 0.326 e. The quantitative estimate of drug-likeness (QED) is 0.135. The number of aromatic nitrogens is 1. The first kappa shape index (κ1) is 31.8. The van der Waals surface area contributed by atoms with Gasteiger partial charge in [0.2, 0.25) is 11.8 Å². The molecular weight excluding hydrogens is 500 g/mol. The lowest BCUT2D eigenvalue weighted by Crippen LogP contribution is -2.52. The Balaban J connectivity index is 1.84. The molecule has 2 rings (SSSR count). The molecule has 2 aromatic rings. The number of carboxylic acid groups (broad SMARTS) is 2. The van der Waals surface area contributed by atoms with Gasteiger partial charge in [0.15, 0.2) is 0 Å². The number of nitrogens with one attached hydrogen (secondary N) is 3. The molecule has 2 amide bonds. The van der Waals surface area contributed by atoms with Crippen LogP contribution < -0.4 is 10.6 Å². The van der Waals surface area contributed by atoms with Crippen molar-refractivity contribution in [2.75, 3.05) is 26.2 Å². The lowest BCUT2D eigenvalue weighted by atomic mass is 10.0. The van der Waals surface area contributed by atoms with E-state index in [9.17, 15) is 29.4 Å². The average molecular weight is 546 g/mol. The second kappa shape index (κ2) is 15.9. The minimum atomic E-state index is -1.36. The van der Waals surface area contributed by atoms with Crippen molar-refractivity contribution in [2.45, 2.75) is 84.2 Å². The Morgan fingerprint density at radius 2 is 1.51 bits per heavy atom. The van der Waals surface area contributed by atoms with Gasteiger partial charge in [-0.05, 0) is 51.7 Å².